The monoisotopic (exact) mass is 379 g/mol. The Balaban J connectivity index is 1.59. The van der Waals surface area contributed by atoms with Crippen LogP contribution in [0, 0.1) is 5.82 Å². The molecule has 0 aliphatic heterocycles. The van der Waals surface area contributed by atoms with Crippen molar-refractivity contribution in [2.45, 2.75) is 19.6 Å². The van der Waals surface area contributed by atoms with Gasteiger partial charge in [-0.1, -0.05) is 36.4 Å². The number of methoxy groups -OCH3 is 1. The quantitative estimate of drug-likeness (QED) is 0.625. The first-order valence-corrected chi connectivity index (χ1v) is 8.96. The highest BCUT2D eigenvalue weighted by molar-refractivity contribution is 5.94. The second-order valence-corrected chi connectivity index (χ2v) is 6.41. The van der Waals surface area contributed by atoms with Gasteiger partial charge in [-0.05, 0) is 60.0 Å². The van der Waals surface area contributed by atoms with Crippen LogP contribution < -0.4 is 10.1 Å². The molecule has 4 nitrogen and oxygen atoms in total. The first-order valence-electron chi connectivity index (χ1n) is 8.96. The van der Waals surface area contributed by atoms with Crippen molar-refractivity contribution in [3.05, 3.63) is 84.2 Å². The number of ether oxygens (including phenoxy) is 2. The lowest BCUT2D eigenvalue weighted by molar-refractivity contribution is -0.122. The summed E-state index contributed by atoms with van der Waals surface area (Å²) in [6.07, 6.45) is -0.710. The predicted molar refractivity (Wildman–Crippen MR) is 108 cm³/mol. The Morgan fingerprint density at radius 2 is 1.50 bits per heavy atom. The number of carbonyl (C=O) groups excluding carboxylic acids is 1. The lowest BCUT2D eigenvalue weighted by Gasteiger charge is -2.15. The molecule has 3 aromatic rings. The fraction of sp³-hybridized carbons (Fsp3) is 0.174. The van der Waals surface area contributed by atoms with Crippen LogP contribution in [0.4, 0.5) is 10.1 Å². The minimum Gasteiger partial charge on any atom is -0.481 e. The van der Waals surface area contributed by atoms with Gasteiger partial charge in [0.1, 0.15) is 11.6 Å². The normalized spacial score (nSPS) is 11.7. The second kappa shape index (κ2) is 9.15. The number of amides is 1. The molecule has 0 saturated carbocycles. The molecule has 0 aromatic heterocycles. The van der Waals surface area contributed by atoms with Crippen LogP contribution in [0.25, 0.3) is 11.1 Å². The maximum absolute atomic E-state index is 12.9. The topological polar surface area (TPSA) is 47.6 Å². The van der Waals surface area contributed by atoms with Gasteiger partial charge in [-0.3, -0.25) is 4.79 Å². The summed E-state index contributed by atoms with van der Waals surface area (Å²) in [5.74, 6) is -0.185. The number of anilines is 1. The minimum atomic E-state index is -0.710. The van der Waals surface area contributed by atoms with Crippen LogP contribution in [-0.2, 0) is 16.1 Å². The zero-order valence-corrected chi connectivity index (χ0v) is 15.8. The Kier molecular flexibility index (Phi) is 6.40. The number of halogens is 1. The Morgan fingerprint density at radius 3 is 2.07 bits per heavy atom. The highest BCUT2D eigenvalue weighted by Gasteiger charge is 2.15. The predicted octanol–water partition coefficient (Wildman–Crippen LogP) is 5.05. The third kappa shape index (κ3) is 5.18. The van der Waals surface area contributed by atoms with Crippen LogP contribution in [0.5, 0.6) is 5.75 Å². The van der Waals surface area contributed by atoms with Crippen LogP contribution in [0.3, 0.4) is 0 Å². The minimum absolute atomic E-state index is 0.277. The molecule has 1 unspecified atom stereocenters. The number of nitrogens with one attached hydrogen (secondary N) is 1. The number of benzene rings is 3. The van der Waals surface area contributed by atoms with E-state index in [2.05, 4.69) is 5.32 Å². The third-order valence-corrected chi connectivity index (χ3v) is 4.25. The summed E-state index contributed by atoms with van der Waals surface area (Å²) in [5, 5.41) is 2.82. The molecule has 5 heteroatoms. The molecular weight excluding hydrogens is 357 g/mol. The summed E-state index contributed by atoms with van der Waals surface area (Å²) in [7, 11) is 1.67. The lowest BCUT2D eigenvalue weighted by Crippen LogP contribution is -2.30. The molecule has 0 fully saturated rings. The first kappa shape index (κ1) is 19.6. The van der Waals surface area contributed by atoms with Gasteiger partial charge in [0.2, 0.25) is 0 Å². The summed E-state index contributed by atoms with van der Waals surface area (Å²) in [4.78, 5) is 12.3. The smallest absolute Gasteiger partial charge is 0.265 e. The van der Waals surface area contributed by atoms with Gasteiger partial charge in [0.05, 0.1) is 6.61 Å². The molecule has 0 bridgehead atoms. The van der Waals surface area contributed by atoms with E-state index in [0.29, 0.717) is 18.0 Å². The molecule has 28 heavy (non-hydrogen) atoms. The maximum atomic E-state index is 12.9. The highest BCUT2D eigenvalue weighted by atomic mass is 19.1. The zero-order valence-electron chi connectivity index (χ0n) is 15.8. The van der Waals surface area contributed by atoms with Gasteiger partial charge < -0.3 is 14.8 Å². The van der Waals surface area contributed by atoms with Crippen LogP contribution in [0.1, 0.15) is 12.5 Å². The molecule has 3 rings (SSSR count). The molecule has 0 saturated heterocycles. The van der Waals surface area contributed by atoms with Crippen molar-refractivity contribution in [2.24, 2.45) is 0 Å². The van der Waals surface area contributed by atoms with E-state index >= 15 is 0 Å². The van der Waals surface area contributed by atoms with Gasteiger partial charge in [0, 0.05) is 12.8 Å². The van der Waals surface area contributed by atoms with Crippen molar-refractivity contribution in [1.29, 1.82) is 0 Å². The van der Waals surface area contributed by atoms with E-state index in [1.165, 1.54) is 24.3 Å². The second-order valence-electron chi connectivity index (χ2n) is 6.41. The molecular formula is C23H22FNO3. The number of carbonyl (C=O) groups is 1. The van der Waals surface area contributed by atoms with Crippen molar-refractivity contribution >= 4 is 11.6 Å². The van der Waals surface area contributed by atoms with E-state index in [0.717, 1.165) is 16.7 Å². The summed E-state index contributed by atoms with van der Waals surface area (Å²) in [5.41, 5.74) is 3.94. The fourth-order valence-electron chi connectivity index (χ4n) is 2.72. The number of hydrogen-bond acceptors (Lipinski definition) is 3. The average Bonchev–Trinajstić information content (AvgIpc) is 2.71. The van der Waals surface area contributed by atoms with E-state index in [9.17, 15) is 9.18 Å². The first-order chi connectivity index (χ1) is 13.5. The standard InChI is InChI=1S/C23H22FNO3/c1-16(28-22-13-9-20(24)10-14-22)23(26)25-21-11-7-19(8-12-21)18-5-3-17(4-6-18)15-27-2/h3-14,16H,15H2,1-2H3,(H,25,26). The average molecular weight is 379 g/mol. The number of hydrogen-bond donors (Lipinski definition) is 1. The van der Waals surface area contributed by atoms with Gasteiger partial charge in [0.15, 0.2) is 6.10 Å². The zero-order chi connectivity index (χ0) is 19.9. The van der Waals surface area contributed by atoms with Crippen LogP contribution in [-0.4, -0.2) is 19.1 Å². The van der Waals surface area contributed by atoms with Gasteiger partial charge in [0.25, 0.3) is 5.91 Å². The maximum Gasteiger partial charge on any atom is 0.265 e. The Hall–Kier alpha value is -3.18. The third-order valence-electron chi connectivity index (χ3n) is 4.25. The van der Waals surface area contributed by atoms with Gasteiger partial charge in [-0.25, -0.2) is 4.39 Å². The fourth-order valence-corrected chi connectivity index (χ4v) is 2.72. The summed E-state index contributed by atoms with van der Waals surface area (Å²) < 4.78 is 23.6. The Morgan fingerprint density at radius 1 is 0.929 bits per heavy atom. The Bertz CT molecular complexity index is 906. The van der Waals surface area contributed by atoms with E-state index in [-0.39, 0.29) is 11.7 Å². The molecule has 0 radical (unpaired) electrons. The molecule has 1 amide bonds. The van der Waals surface area contributed by atoms with Gasteiger partial charge >= 0.3 is 0 Å². The molecule has 3 aromatic carbocycles. The highest BCUT2D eigenvalue weighted by Crippen LogP contribution is 2.22. The van der Waals surface area contributed by atoms with E-state index in [1.54, 1.807) is 14.0 Å². The molecule has 1 N–H and O–H groups in total. The van der Waals surface area contributed by atoms with Crippen molar-refractivity contribution in [2.75, 3.05) is 12.4 Å². The molecule has 144 valence electrons. The summed E-state index contributed by atoms with van der Waals surface area (Å²) >= 11 is 0. The molecule has 0 aliphatic rings. The van der Waals surface area contributed by atoms with E-state index in [1.807, 2.05) is 48.5 Å². The Labute approximate surface area is 163 Å². The van der Waals surface area contributed by atoms with Crippen LogP contribution >= 0.6 is 0 Å². The van der Waals surface area contributed by atoms with Crippen molar-refractivity contribution < 1.29 is 18.7 Å². The number of rotatable bonds is 7. The van der Waals surface area contributed by atoms with Crippen molar-refractivity contribution in [3.8, 4) is 16.9 Å². The van der Waals surface area contributed by atoms with E-state index < -0.39 is 6.10 Å². The van der Waals surface area contributed by atoms with Gasteiger partial charge in [-0.15, -0.1) is 0 Å². The SMILES string of the molecule is COCc1ccc(-c2ccc(NC(=O)C(C)Oc3ccc(F)cc3)cc2)cc1. The van der Waals surface area contributed by atoms with Gasteiger partial charge in [-0.2, -0.15) is 0 Å². The molecule has 0 heterocycles. The van der Waals surface area contributed by atoms with Crippen LogP contribution in [0.15, 0.2) is 72.8 Å². The molecule has 0 aliphatic carbocycles. The van der Waals surface area contributed by atoms with Crippen LogP contribution in [0.2, 0.25) is 0 Å². The van der Waals surface area contributed by atoms with E-state index in [4.69, 9.17) is 9.47 Å². The molecule has 1 atom stereocenters. The largest absolute Gasteiger partial charge is 0.481 e. The van der Waals surface area contributed by atoms with Crippen molar-refractivity contribution in [3.63, 3.8) is 0 Å². The summed E-state index contributed by atoms with van der Waals surface area (Å²) in [6.45, 7) is 2.23. The van der Waals surface area contributed by atoms with Crippen molar-refractivity contribution in [1.82, 2.24) is 0 Å². The lowest BCUT2D eigenvalue weighted by atomic mass is 10.0. The summed E-state index contributed by atoms with van der Waals surface area (Å²) in [6, 6.07) is 21.3. The molecule has 0 spiro atoms.